The van der Waals surface area contributed by atoms with E-state index in [1.54, 1.807) is 0 Å². The first-order valence-electron chi connectivity index (χ1n) is 6.64. The van der Waals surface area contributed by atoms with Crippen LogP contribution < -0.4 is 5.32 Å². The summed E-state index contributed by atoms with van der Waals surface area (Å²) in [4.78, 5) is 4.51. The van der Waals surface area contributed by atoms with Crippen LogP contribution in [0.5, 0.6) is 0 Å². The Kier molecular flexibility index (Phi) is 3.74. The van der Waals surface area contributed by atoms with Crippen LogP contribution in [0.2, 0.25) is 0 Å². The number of nitrogens with one attached hydrogen (secondary N) is 1. The van der Waals surface area contributed by atoms with E-state index in [9.17, 15) is 0 Å². The van der Waals surface area contributed by atoms with Crippen molar-refractivity contribution in [3.8, 4) is 11.5 Å². The smallest absolute Gasteiger partial charge is 0.257 e. The maximum Gasteiger partial charge on any atom is 0.257 e. The van der Waals surface area contributed by atoms with Gasteiger partial charge >= 0.3 is 0 Å². The summed E-state index contributed by atoms with van der Waals surface area (Å²) in [5.41, 5.74) is 3.68. The third kappa shape index (κ3) is 2.32. The summed E-state index contributed by atoms with van der Waals surface area (Å²) in [5, 5.41) is 7.42. The van der Waals surface area contributed by atoms with Crippen LogP contribution in [0.25, 0.3) is 11.5 Å². The van der Waals surface area contributed by atoms with E-state index in [2.05, 4.69) is 27.6 Å². The second kappa shape index (κ2) is 5.52. The number of ether oxygens (including phenoxy) is 1. The van der Waals surface area contributed by atoms with E-state index in [4.69, 9.17) is 9.26 Å². The molecule has 0 radical (unpaired) electrons. The van der Waals surface area contributed by atoms with Crippen molar-refractivity contribution in [3.63, 3.8) is 0 Å². The van der Waals surface area contributed by atoms with Gasteiger partial charge in [-0.25, -0.2) is 0 Å². The Morgan fingerprint density at radius 1 is 1.20 bits per heavy atom. The number of halogens is 1. The minimum absolute atomic E-state index is 0. The molecule has 0 saturated carbocycles. The van der Waals surface area contributed by atoms with Gasteiger partial charge < -0.3 is 14.6 Å². The predicted molar refractivity (Wildman–Crippen MR) is 75.7 cm³/mol. The molecule has 20 heavy (non-hydrogen) atoms. The van der Waals surface area contributed by atoms with Crippen molar-refractivity contribution >= 4 is 12.4 Å². The summed E-state index contributed by atoms with van der Waals surface area (Å²) < 4.78 is 10.7. The molecule has 106 valence electrons. The fourth-order valence-electron chi connectivity index (χ4n) is 2.68. The Balaban J connectivity index is 0.00000121. The topological polar surface area (TPSA) is 60.2 Å². The summed E-state index contributed by atoms with van der Waals surface area (Å²) in [5.74, 6) is 1.66. The van der Waals surface area contributed by atoms with Crippen molar-refractivity contribution in [2.24, 2.45) is 0 Å². The van der Waals surface area contributed by atoms with Crippen LogP contribution in [0.4, 0.5) is 0 Å². The highest BCUT2D eigenvalue weighted by atomic mass is 35.5. The zero-order valence-corrected chi connectivity index (χ0v) is 11.8. The summed E-state index contributed by atoms with van der Waals surface area (Å²) in [6.45, 7) is 3.36. The standard InChI is InChI=1S/C14H15N3O2.ClH/c1-2-10-6-15-7-12(10)5-9(1)14-16-13(17-19-14)11-3-4-18-8-11;/h1-2,5,11,15H,3-4,6-8H2;1H. The van der Waals surface area contributed by atoms with Gasteiger partial charge in [0.05, 0.1) is 6.61 Å². The van der Waals surface area contributed by atoms with E-state index < -0.39 is 0 Å². The summed E-state index contributed by atoms with van der Waals surface area (Å²) >= 11 is 0. The molecule has 0 aliphatic carbocycles. The average Bonchev–Trinajstić information content (AvgIpc) is 3.18. The fraction of sp³-hybridized carbons (Fsp3) is 0.429. The number of rotatable bonds is 2. The third-order valence-corrected chi connectivity index (χ3v) is 3.82. The minimum Gasteiger partial charge on any atom is -0.381 e. The number of fused-ring (bicyclic) bond motifs is 1. The molecule has 1 unspecified atom stereocenters. The molecule has 2 aliphatic heterocycles. The molecule has 5 nitrogen and oxygen atoms in total. The van der Waals surface area contributed by atoms with Crippen LogP contribution in [0, 0.1) is 0 Å². The Labute approximate surface area is 123 Å². The number of hydrogen-bond acceptors (Lipinski definition) is 5. The largest absolute Gasteiger partial charge is 0.381 e. The molecule has 3 heterocycles. The van der Waals surface area contributed by atoms with Gasteiger partial charge in [0.2, 0.25) is 0 Å². The zero-order chi connectivity index (χ0) is 12.7. The van der Waals surface area contributed by atoms with E-state index >= 15 is 0 Å². The highest BCUT2D eigenvalue weighted by molar-refractivity contribution is 5.85. The van der Waals surface area contributed by atoms with Crippen LogP contribution in [-0.4, -0.2) is 23.4 Å². The third-order valence-electron chi connectivity index (χ3n) is 3.82. The van der Waals surface area contributed by atoms with Gasteiger partial charge in [0.25, 0.3) is 5.89 Å². The Hall–Kier alpha value is -1.43. The fourth-order valence-corrected chi connectivity index (χ4v) is 2.68. The van der Waals surface area contributed by atoms with Crippen molar-refractivity contribution in [2.75, 3.05) is 13.2 Å². The number of hydrogen-bond donors (Lipinski definition) is 1. The molecule has 2 aromatic rings. The molecule has 6 heteroatoms. The molecule has 1 aromatic heterocycles. The number of benzene rings is 1. The molecule has 0 amide bonds. The van der Waals surface area contributed by atoms with Gasteiger partial charge in [-0.2, -0.15) is 4.98 Å². The lowest BCUT2D eigenvalue weighted by atomic mass is 10.1. The first-order valence-corrected chi connectivity index (χ1v) is 6.64. The van der Waals surface area contributed by atoms with Gasteiger partial charge in [0, 0.05) is 31.2 Å². The quantitative estimate of drug-likeness (QED) is 0.920. The molecular weight excluding hydrogens is 278 g/mol. The zero-order valence-electron chi connectivity index (χ0n) is 11.0. The molecule has 1 aromatic carbocycles. The highest BCUT2D eigenvalue weighted by Crippen LogP contribution is 2.27. The summed E-state index contributed by atoms with van der Waals surface area (Å²) in [6.07, 6.45) is 0.979. The van der Waals surface area contributed by atoms with E-state index in [0.717, 1.165) is 37.5 Å². The molecular formula is C14H16ClN3O2. The van der Waals surface area contributed by atoms with Crippen LogP contribution in [0.3, 0.4) is 0 Å². The normalized spacial score (nSPS) is 20.7. The van der Waals surface area contributed by atoms with Crippen molar-refractivity contribution in [1.82, 2.24) is 15.5 Å². The van der Waals surface area contributed by atoms with E-state index in [1.165, 1.54) is 11.1 Å². The van der Waals surface area contributed by atoms with Gasteiger partial charge in [-0.3, -0.25) is 0 Å². The Morgan fingerprint density at radius 2 is 2.10 bits per heavy atom. The van der Waals surface area contributed by atoms with Gasteiger partial charge in [0.1, 0.15) is 0 Å². The average molecular weight is 294 g/mol. The van der Waals surface area contributed by atoms with Gasteiger partial charge in [0.15, 0.2) is 5.82 Å². The SMILES string of the molecule is Cl.c1cc2c(cc1-c1nc(C3CCOC3)no1)CNC2. The monoisotopic (exact) mass is 293 g/mol. The minimum atomic E-state index is 0. The van der Waals surface area contributed by atoms with E-state index in [0.29, 0.717) is 12.5 Å². The van der Waals surface area contributed by atoms with Crippen molar-refractivity contribution < 1.29 is 9.26 Å². The molecule has 1 atom stereocenters. The van der Waals surface area contributed by atoms with Crippen LogP contribution in [-0.2, 0) is 17.8 Å². The maximum atomic E-state index is 5.39. The van der Waals surface area contributed by atoms with Gasteiger partial charge in [-0.1, -0.05) is 11.2 Å². The van der Waals surface area contributed by atoms with Crippen LogP contribution >= 0.6 is 12.4 Å². The second-order valence-electron chi connectivity index (χ2n) is 5.11. The number of aromatic nitrogens is 2. The van der Waals surface area contributed by atoms with Crippen molar-refractivity contribution in [3.05, 3.63) is 35.2 Å². The molecule has 0 spiro atoms. The Morgan fingerprint density at radius 3 is 2.95 bits per heavy atom. The lowest BCUT2D eigenvalue weighted by molar-refractivity contribution is 0.192. The van der Waals surface area contributed by atoms with Crippen LogP contribution in [0.1, 0.15) is 29.3 Å². The Bertz CT molecular complexity index is 608. The second-order valence-corrected chi connectivity index (χ2v) is 5.11. The predicted octanol–water partition coefficient (Wildman–Crippen LogP) is 2.27. The van der Waals surface area contributed by atoms with Crippen molar-refractivity contribution in [1.29, 1.82) is 0 Å². The van der Waals surface area contributed by atoms with Gasteiger partial charge in [-0.05, 0) is 29.7 Å². The highest BCUT2D eigenvalue weighted by Gasteiger charge is 2.23. The summed E-state index contributed by atoms with van der Waals surface area (Å²) in [6, 6.07) is 6.32. The molecule has 1 saturated heterocycles. The maximum absolute atomic E-state index is 5.39. The first-order chi connectivity index (χ1) is 9.40. The van der Waals surface area contributed by atoms with Gasteiger partial charge in [-0.15, -0.1) is 12.4 Å². The molecule has 2 aliphatic rings. The molecule has 1 fully saturated rings. The number of nitrogens with zero attached hydrogens (tertiary/aromatic N) is 2. The molecule has 4 rings (SSSR count). The van der Waals surface area contributed by atoms with Crippen molar-refractivity contribution in [2.45, 2.75) is 25.4 Å². The first kappa shape index (κ1) is 13.5. The lowest BCUT2D eigenvalue weighted by Crippen LogP contribution is -2.00. The summed E-state index contributed by atoms with van der Waals surface area (Å²) in [7, 11) is 0. The molecule has 1 N–H and O–H groups in total. The van der Waals surface area contributed by atoms with E-state index in [1.807, 2.05) is 6.07 Å². The molecule has 0 bridgehead atoms. The van der Waals surface area contributed by atoms with E-state index in [-0.39, 0.29) is 18.3 Å². The van der Waals surface area contributed by atoms with Crippen LogP contribution in [0.15, 0.2) is 22.7 Å². The lowest BCUT2D eigenvalue weighted by Gasteiger charge is -2.00.